The molecule has 1 rings (SSSR count). The third kappa shape index (κ3) is 5.41. The molecule has 1 saturated heterocycles. The molecule has 0 aromatic heterocycles. The molecule has 0 bridgehead atoms. The monoisotopic (exact) mass is 270 g/mol. The van der Waals surface area contributed by atoms with Gasteiger partial charge in [0.25, 0.3) is 0 Å². The lowest BCUT2D eigenvalue weighted by Crippen LogP contribution is -2.60. The summed E-state index contributed by atoms with van der Waals surface area (Å²) in [6, 6.07) is 1.30. The Morgan fingerprint density at radius 3 is 2.47 bits per heavy atom. The van der Waals surface area contributed by atoms with Crippen LogP contribution in [0.3, 0.4) is 0 Å². The second kappa shape index (κ2) is 8.23. The fourth-order valence-corrected chi connectivity index (χ4v) is 3.07. The van der Waals surface area contributed by atoms with Crippen molar-refractivity contribution in [2.24, 2.45) is 11.8 Å². The summed E-state index contributed by atoms with van der Waals surface area (Å²) < 4.78 is 5.47. The van der Waals surface area contributed by atoms with E-state index in [4.69, 9.17) is 4.74 Å². The van der Waals surface area contributed by atoms with Crippen molar-refractivity contribution in [3.63, 3.8) is 0 Å². The summed E-state index contributed by atoms with van der Waals surface area (Å²) in [4.78, 5) is 2.66. The molecule has 1 heterocycles. The molecule has 0 saturated carbocycles. The van der Waals surface area contributed by atoms with E-state index in [1.807, 2.05) is 7.11 Å². The minimum atomic E-state index is 0.323. The first-order chi connectivity index (χ1) is 8.97. The van der Waals surface area contributed by atoms with Crippen molar-refractivity contribution in [3.05, 3.63) is 0 Å². The average molecular weight is 270 g/mol. The first kappa shape index (κ1) is 16.9. The van der Waals surface area contributed by atoms with Crippen LogP contribution < -0.4 is 5.32 Å². The number of methoxy groups -OCH3 is 1. The molecule has 3 nitrogen and oxygen atoms in total. The van der Waals surface area contributed by atoms with Crippen LogP contribution in [0.5, 0.6) is 0 Å². The zero-order valence-corrected chi connectivity index (χ0v) is 13.8. The highest BCUT2D eigenvalue weighted by atomic mass is 16.5. The predicted molar refractivity (Wildman–Crippen MR) is 82.5 cm³/mol. The maximum Gasteiger partial charge on any atom is 0.0670 e. The van der Waals surface area contributed by atoms with Crippen LogP contribution in [-0.4, -0.2) is 49.8 Å². The van der Waals surface area contributed by atoms with Crippen LogP contribution >= 0.6 is 0 Å². The molecule has 1 aliphatic rings. The van der Waals surface area contributed by atoms with Crippen LogP contribution in [0.4, 0.5) is 0 Å². The Morgan fingerprint density at radius 2 is 1.95 bits per heavy atom. The van der Waals surface area contributed by atoms with E-state index in [0.29, 0.717) is 18.2 Å². The number of ether oxygens (including phenoxy) is 1. The Morgan fingerprint density at radius 1 is 1.26 bits per heavy atom. The fourth-order valence-electron chi connectivity index (χ4n) is 3.07. The highest BCUT2D eigenvalue weighted by Gasteiger charge is 2.31. The molecular weight excluding hydrogens is 236 g/mol. The summed E-state index contributed by atoms with van der Waals surface area (Å²) in [5.41, 5.74) is 0. The van der Waals surface area contributed by atoms with Gasteiger partial charge in [-0.25, -0.2) is 0 Å². The van der Waals surface area contributed by atoms with Crippen LogP contribution in [0.25, 0.3) is 0 Å². The van der Waals surface area contributed by atoms with Gasteiger partial charge in [-0.3, -0.25) is 4.90 Å². The number of rotatable bonds is 7. The van der Waals surface area contributed by atoms with Crippen molar-refractivity contribution in [3.8, 4) is 0 Å². The molecule has 19 heavy (non-hydrogen) atoms. The topological polar surface area (TPSA) is 24.5 Å². The summed E-state index contributed by atoms with van der Waals surface area (Å²) in [6.07, 6.45) is 2.84. The summed E-state index contributed by atoms with van der Waals surface area (Å²) in [5, 5.41) is 3.75. The van der Waals surface area contributed by atoms with Gasteiger partial charge in [0, 0.05) is 38.8 Å². The van der Waals surface area contributed by atoms with Gasteiger partial charge in [-0.05, 0) is 25.2 Å². The SMILES string of the molecule is CCC(C)C1CNC(CC(C)C)CN1CC(C)OC. The molecule has 0 aliphatic carbocycles. The summed E-state index contributed by atoms with van der Waals surface area (Å²) in [7, 11) is 1.82. The van der Waals surface area contributed by atoms with Crippen LogP contribution in [0.15, 0.2) is 0 Å². The highest BCUT2D eigenvalue weighted by Crippen LogP contribution is 2.21. The van der Waals surface area contributed by atoms with E-state index in [2.05, 4.69) is 44.8 Å². The Hall–Kier alpha value is -0.120. The predicted octanol–water partition coefficient (Wildman–Crippen LogP) is 2.76. The molecular formula is C16H34N2O. The number of hydrogen-bond acceptors (Lipinski definition) is 3. The summed E-state index contributed by atoms with van der Waals surface area (Å²) in [5.74, 6) is 1.51. The molecule has 0 radical (unpaired) electrons. The third-order valence-corrected chi connectivity index (χ3v) is 4.49. The number of nitrogens with zero attached hydrogens (tertiary/aromatic N) is 1. The van der Waals surface area contributed by atoms with E-state index >= 15 is 0 Å². The quantitative estimate of drug-likeness (QED) is 0.770. The van der Waals surface area contributed by atoms with Crippen molar-refractivity contribution in [1.29, 1.82) is 0 Å². The Kier molecular flexibility index (Phi) is 7.33. The van der Waals surface area contributed by atoms with Crippen LogP contribution in [-0.2, 0) is 4.74 Å². The Labute approximate surface area is 120 Å². The Bertz CT molecular complexity index is 245. The van der Waals surface area contributed by atoms with Gasteiger partial charge in [0.2, 0.25) is 0 Å². The van der Waals surface area contributed by atoms with Gasteiger partial charge in [0.15, 0.2) is 0 Å². The van der Waals surface area contributed by atoms with Crippen molar-refractivity contribution in [2.45, 2.75) is 65.6 Å². The minimum Gasteiger partial charge on any atom is -0.380 e. The fraction of sp³-hybridized carbons (Fsp3) is 1.00. The highest BCUT2D eigenvalue weighted by molar-refractivity contribution is 4.89. The normalized spacial score (nSPS) is 28.6. The average Bonchev–Trinajstić information content (AvgIpc) is 2.37. The van der Waals surface area contributed by atoms with Gasteiger partial charge in [0.05, 0.1) is 6.10 Å². The molecule has 0 amide bonds. The third-order valence-electron chi connectivity index (χ3n) is 4.49. The Balaban J connectivity index is 2.62. The molecule has 1 aliphatic heterocycles. The summed E-state index contributed by atoms with van der Waals surface area (Å²) in [6.45, 7) is 14.8. The zero-order chi connectivity index (χ0) is 14.4. The number of piperazine rings is 1. The first-order valence-corrected chi connectivity index (χ1v) is 7.98. The lowest BCUT2D eigenvalue weighted by Gasteiger charge is -2.44. The lowest BCUT2D eigenvalue weighted by molar-refractivity contribution is 0.0230. The zero-order valence-electron chi connectivity index (χ0n) is 13.8. The molecule has 114 valence electrons. The van der Waals surface area contributed by atoms with E-state index < -0.39 is 0 Å². The lowest BCUT2D eigenvalue weighted by atomic mass is 9.92. The molecule has 4 atom stereocenters. The molecule has 1 N–H and O–H groups in total. The standard InChI is InChI=1S/C16H34N2O/c1-7-13(4)16-9-17-15(8-12(2)3)11-18(16)10-14(5)19-6/h12-17H,7-11H2,1-6H3. The van der Waals surface area contributed by atoms with Gasteiger partial charge in [-0.15, -0.1) is 0 Å². The molecule has 0 aromatic rings. The molecule has 3 heteroatoms. The van der Waals surface area contributed by atoms with E-state index in [1.54, 1.807) is 0 Å². The maximum atomic E-state index is 5.47. The first-order valence-electron chi connectivity index (χ1n) is 7.98. The van der Waals surface area contributed by atoms with Gasteiger partial charge in [-0.2, -0.15) is 0 Å². The molecule has 0 spiro atoms. The van der Waals surface area contributed by atoms with Gasteiger partial charge in [0.1, 0.15) is 0 Å². The van der Waals surface area contributed by atoms with Gasteiger partial charge < -0.3 is 10.1 Å². The molecule has 1 fully saturated rings. The smallest absolute Gasteiger partial charge is 0.0670 e. The minimum absolute atomic E-state index is 0.323. The van der Waals surface area contributed by atoms with E-state index in [9.17, 15) is 0 Å². The van der Waals surface area contributed by atoms with Crippen molar-refractivity contribution in [2.75, 3.05) is 26.7 Å². The van der Waals surface area contributed by atoms with Gasteiger partial charge in [-0.1, -0.05) is 34.1 Å². The van der Waals surface area contributed by atoms with E-state index in [-0.39, 0.29) is 0 Å². The van der Waals surface area contributed by atoms with Crippen LogP contribution in [0.2, 0.25) is 0 Å². The second-order valence-corrected chi connectivity index (χ2v) is 6.69. The van der Waals surface area contributed by atoms with E-state index in [0.717, 1.165) is 24.9 Å². The van der Waals surface area contributed by atoms with Crippen LogP contribution in [0, 0.1) is 11.8 Å². The van der Waals surface area contributed by atoms with Crippen molar-refractivity contribution < 1.29 is 4.74 Å². The van der Waals surface area contributed by atoms with Gasteiger partial charge >= 0.3 is 0 Å². The maximum absolute atomic E-state index is 5.47. The van der Waals surface area contributed by atoms with Crippen LogP contribution in [0.1, 0.15) is 47.5 Å². The number of hydrogen-bond donors (Lipinski definition) is 1. The second-order valence-electron chi connectivity index (χ2n) is 6.69. The molecule has 0 aromatic carbocycles. The summed E-state index contributed by atoms with van der Waals surface area (Å²) >= 11 is 0. The largest absolute Gasteiger partial charge is 0.380 e. The van der Waals surface area contributed by atoms with Crippen molar-refractivity contribution in [1.82, 2.24) is 10.2 Å². The van der Waals surface area contributed by atoms with Crippen molar-refractivity contribution >= 4 is 0 Å². The number of nitrogens with one attached hydrogen (secondary N) is 1. The molecule has 4 unspecified atom stereocenters. The van der Waals surface area contributed by atoms with E-state index in [1.165, 1.54) is 19.4 Å².